The number of nitrogens with one attached hydrogen (secondary N) is 1. The Labute approximate surface area is 170 Å². The molecule has 2 saturated heterocycles. The number of ether oxygens (including phenoxy) is 1. The van der Waals surface area contributed by atoms with E-state index in [0.29, 0.717) is 32.7 Å². The maximum atomic E-state index is 13.3. The van der Waals surface area contributed by atoms with Crippen molar-refractivity contribution in [2.45, 2.75) is 58.0 Å². The summed E-state index contributed by atoms with van der Waals surface area (Å²) in [5.41, 5.74) is 2.19. The lowest BCUT2D eigenvalue weighted by molar-refractivity contribution is -0.164. The number of nitrogens with zero attached hydrogens (tertiary/aromatic N) is 3. The van der Waals surface area contributed by atoms with Crippen molar-refractivity contribution in [3.8, 4) is 0 Å². The molecule has 4 aliphatic heterocycles. The van der Waals surface area contributed by atoms with E-state index in [1.807, 2.05) is 4.90 Å². The number of hydrogen-bond acceptors (Lipinski definition) is 6. The number of likely N-dealkylation sites (tertiary alicyclic amines) is 1. The zero-order valence-corrected chi connectivity index (χ0v) is 17.2. The Kier molecular flexibility index (Phi) is 3.42. The van der Waals surface area contributed by atoms with Crippen molar-refractivity contribution in [3.05, 3.63) is 22.7 Å². The fourth-order valence-electron chi connectivity index (χ4n) is 6.27. The maximum Gasteiger partial charge on any atom is 0.225 e. The first-order valence-electron chi connectivity index (χ1n) is 10.9. The minimum absolute atomic E-state index is 0.0580. The first-order chi connectivity index (χ1) is 13.8. The molecule has 7 nitrogen and oxygen atoms in total. The van der Waals surface area contributed by atoms with Crippen LogP contribution in [0.1, 0.15) is 52.4 Å². The van der Waals surface area contributed by atoms with Gasteiger partial charge < -0.3 is 15.0 Å². The molecule has 1 unspecified atom stereocenters. The van der Waals surface area contributed by atoms with E-state index in [4.69, 9.17) is 4.74 Å². The van der Waals surface area contributed by atoms with Crippen LogP contribution in [0.15, 0.2) is 32.9 Å². The number of allylic oxidation sites excluding steroid dienone is 1. The van der Waals surface area contributed by atoms with Gasteiger partial charge in [-0.15, -0.1) is 5.11 Å². The third kappa shape index (κ3) is 2.39. The van der Waals surface area contributed by atoms with E-state index in [9.17, 15) is 9.59 Å². The van der Waals surface area contributed by atoms with Crippen molar-refractivity contribution in [1.29, 1.82) is 0 Å². The summed E-state index contributed by atoms with van der Waals surface area (Å²) >= 11 is 0. The Morgan fingerprint density at radius 2 is 2.03 bits per heavy atom. The lowest BCUT2D eigenvalue weighted by Crippen LogP contribution is -2.65. The molecule has 6 rings (SSSR count). The largest absolute Gasteiger partial charge is 0.370 e. The third-order valence-electron chi connectivity index (χ3n) is 7.86. The molecular weight excluding hydrogens is 368 g/mol. The molecule has 1 amide bonds. The van der Waals surface area contributed by atoms with Gasteiger partial charge in [-0.25, -0.2) is 0 Å². The van der Waals surface area contributed by atoms with Gasteiger partial charge in [0.2, 0.25) is 5.91 Å². The predicted molar refractivity (Wildman–Crippen MR) is 105 cm³/mol. The van der Waals surface area contributed by atoms with Crippen LogP contribution >= 0.6 is 0 Å². The smallest absolute Gasteiger partial charge is 0.225 e. The Bertz CT molecular complexity index is 920. The lowest BCUT2D eigenvalue weighted by Gasteiger charge is -2.50. The fraction of sp³-hybridized carbons (Fsp3) is 0.727. The number of ketones is 1. The van der Waals surface area contributed by atoms with Crippen LogP contribution in [0.3, 0.4) is 0 Å². The molecule has 0 aromatic heterocycles. The Morgan fingerprint density at radius 1 is 1.24 bits per heavy atom. The van der Waals surface area contributed by atoms with E-state index in [0.717, 1.165) is 48.3 Å². The quantitative estimate of drug-likeness (QED) is 0.739. The van der Waals surface area contributed by atoms with Crippen LogP contribution in [0.4, 0.5) is 0 Å². The fourth-order valence-corrected chi connectivity index (χ4v) is 6.27. The molecule has 0 radical (unpaired) electrons. The van der Waals surface area contributed by atoms with E-state index >= 15 is 0 Å². The van der Waals surface area contributed by atoms with Crippen molar-refractivity contribution in [3.63, 3.8) is 0 Å². The SMILES string of the molecule is CC1(C)CC(=O)C2=C(C1)NC1=C(CN=N1)C21COC2(CN(C(=O)C3CCC3)C2)C1. The van der Waals surface area contributed by atoms with E-state index in [-0.39, 0.29) is 28.6 Å². The summed E-state index contributed by atoms with van der Waals surface area (Å²) in [6.07, 6.45) is 5.37. The minimum atomic E-state index is -0.432. The normalized spacial score (nSPS) is 34.3. The molecule has 1 N–H and O–H groups in total. The van der Waals surface area contributed by atoms with Gasteiger partial charge in [-0.3, -0.25) is 9.59 Å². The van der Waals surface area contributed by atoms with Crippen LogP contribution in [-0.4, -0.2) is 48.4 Å². The average molecular weight is 396 g/mol. The number of dihydropyridines is 1. The highest BCUT2D eigenvalue weighted by atomic mass is 16.5. The van der Waals surface area contributed by atoms with Gasteiger partial charge in [0.25, 0.3) is 0 Å². The summed E-state index contributed by atoms with van der Waals surface area (Å²) in [5, 5.41) is 12.1. The van der Waals surface area contributed by atoms with Crippen LogP contribution < -0.4 is 5.32 Å². The molecule has 29 heavy (non-hydrogen) atoms. The van der Waals surface area contributed by atoms with Crippen molar-refractivity contribution < 1.29 is 14.3 Å². The summed E-state index contributed by atoms with van der Waals surface area (Å²) in [6, 6.07) is 0. The van der Waals surface area contributed by atoms with Crippen molar-refractivity contribution >= 4 is 11.7 Å². The topological polar surface area (TPSA) is 83.4 Å². The molecule has 0 bridgehead atoms. The number of hydrogen-bond donors (Lipinski definition) is 1. The summed E-state index contributed by atoms with van der Waals surface area (Å²) in [7, 11) is 0. The predicted octanol–water partition coefficient (Wildman–Crippen LogP) is 2.70. The standard InChI is InChI=1S/C22H28N4O3/c1-20(2)6-15-17(16(27)7-20)22(14-8-23-25-18(14)24-15)9-21(29-12-22)10-26(11-21)19(28)13-4-3-5-13/h13,24H,3-12H2,1-2H3. The van der Waals surface area contributed by atoms with E-state index in [1.165, 1.54) is 6.42 Å². The number of azo groups is 1. The molecule has 4 heterocycles. The zero-order valence-electron chi connectivity index (χ0n) is 17.2. The van der Waals surface area contributed by atoms with Gasteiger partial charge in [-0.2, -0.15) is 5.11 Å². The first kappa shape index (κ1) is 17.8. The maximum absolute atomic E-state index is 13.3. The molecule has 154 valence electrons. The monoisotopic (exact) mass is 396 g/mol. The molecular formula is C22H28N4O3. The van der Waals surface area contributed by atoms with Crippen LogP contribution in [0.5, 0.6) is 0 Å². The molecule has 0 aromatic rings. The number of carbonyl (C=O) groups is 2. The van der Waals surface area contributed by atoms with Crippen molar-refractivity contribution in [1.82, 2.24) is 10.2 Å². The summed E-state index contributed by atoms with van der Waals surface area (Å²) in [4.78, 5) is 27.9. The second-order valence-corrected chi connectivity index (χ2v) is 10.7. The Hall–Kier alpha value is -2.02. The average Bonchev–Trinajstić information content (AvgIpc) is 3.16. The van der Waals surface area contributed by atoms with Crippen molar-refractivity contribution in [2.75, 3.05) is 26.2 Å². The molecule has 7 heteroatoms. The zero-order chi connectivity index (χ0) is 20.0. The van der Waals surface area contributed by atoms with Gasteiger partial charge in [0.05, 0.1) is 31.7 Å². The number of carbonyl (C=O) groups excluding carboxylic acids is 2. The van der Waals surface area contributed by atoms with Gasteiger partial charge in [0.15, 0.2) is 11.6 Å². The highest BCUT2D eigenvalue weighted by Gasteiger charge is 2.63. The van der Waals surface area contributed by atoms with E-state index in [2.05, 4.69) is 29.4 Å². The number of rotatable bonds is 1. The molecule has 6 aliphatic rings. The molecule has 3 fully saturated rings. The first-order valence-corrected chi connectivity index (χ1v) is 10.9. The summed E-state index contributed by atoms with van der Waals surface area (Å²) < 4.78 is 6.41. The summed E-state index contributed by atoms with van der Waals surface area (Å²) in [5.74, 6) is 1.55. The van der Waals surface area contributed by atoms with Crippen LogP contribution in [0, 0.1) is 16.7 Å². The van der Waals surface area contributed by atoms with Gasteiger partial charge in [0, 0.05) is 29.2 Å². The molecule has 2 spiro atoms. The number of fused-ring (bicyclic) bond motifs is 2. The number of Topliss-reactive ketones (excluding diaryl/α,β-unsaturated/α-hetero) is 1. The minimum Gasteiger partial charge on any atom is -0.370 e. The van der Waals surface area contributed by atoms with E-state index < -0.39 is 5.41 Å². The van der Waals surface area contributed by atoms with Gasteiger partial charge in [-0.05, 0) is 31.1 Å². The highest BCUT2D eigenvalue weighted by Crippen LogP contribution is 2.58. The van der Waals surface area contributed by atoms with E-state index in [1.54, 1.807) is 0 Å². The number of amides is 1. The van der Waals surface area contributed by atoms with Gasteiger partial charge >= 0.3 is 0 Å². The second kappa shape index (κ2) is 5.56. The Morgan fingerprint density at radius 3 is 2.76 bits per heavy atom. The van der Waals surface area contributed by atoms with Crippen molar-refractivity contribution in [2.24, 2.45) is 27.0 Å². The molecule has 2 aliphatic carbocycles. The lowest BCUT2D eigenvalue weighted by atomic mass is 9.61. The van der Waals surface area contributed by atoms with Crippen LogP contribution in [0.2, 0.25) is 0 Å². The second-order valence-electron chi connectivity index (χ2n) is 10.7. The molecule has 0 aromatic carbocycles. The molecule has 1 atom stereocenters. The van der Waals surface area contributed by atoms with Gasteiger partial charge in [0.1, 0.15) is 5.60 Å². The van der Waals surface area contributed by atoms with Gasteiger partial charge in [-0.1, -0.05) is 20.3 Å². The third-order valence-corrected chi connectivity index (χ3v) is 7.86. The summed E-state index contributed by atoms with van der Waals surface area (Å²) in [6.45, 7) is 6.61. The molecule has 1 saturated carbocycles. The van der Waals surface area contributed by atoms with Crippen LogP contribution in [0.25, 0.3) is 0 Å². The highest BCUT2D eigenvalue weighted by molar-refractivity contribution is 6.00. The van der Waals surface area contributed by atoms with Crippen LogP contribution in [-0.2, 0) is 14.3 Å². The Balaban J connectivity index is 1.32.